The van der Waals surface area contributed by atoms with E-state index in [4.69, 9.17) is 4.42 Å². The summed E-state index contributed by atoms with van der Waals surface area (Å²) in [5, 5.41) is 2.22. The van der Waals surface area contributed by atoms with Gasteiger partial charge < -0.3 is 4.42 Å². The van der Waals surface area contributed by atoms with Crippen LogP contribution in [-0.2, 0) is 0 Å². The molecule has 0 unspecified atom stereocenters. The molecule has 0 saturated heterocycles. The van der Waals surface area contributed by atoms with Gasteiger partial charge in [-0.15, -0.1) is 0 Å². The molecule has 0 atom stereocenters. The van der Waals surface area contributed by atoms with Crippen LogP contribution in [0.15, 0.2) is 34.9 Å². The quantitative estimate of drug-likeness (QED) is 0.535. The standard InChI is InChI=1S/C9H7O/c1-7-9-5-3-2-4-8(9)6-10-7/h2-6H,1H2. The Kier molecular flexibility index (Phi) is 1.04. The molecule has 1 aromatic heterocycles. The maximum Gasteiger partial charge on any atom is 0.112 e. The normalized spacial score (nSPS) is 10.5. The van der Waals surface area contributed by atoms with Crippen molar-refractivity contribution in [3.63, 3.8) is 0 Å². The van der Waals surface area contributed by atoms with Gasteiger partial charge in [0, 0.05) is 17.7 Å². The van der Waals surface area contributed by atoms with Gasteiger partial charge in [0.25, 0.3) is 0 Å². The molecule has 2 rings (SSSR count). The minimum Gasteiger partial charge on any atom is -0.468 e. The zero-order chi connectivity index (χ0) is 6.97. The fraction of sp³-hybridized carbons (Fsp3) is 0. The zero-order valence-electron chi connectivity index (χ0n) is 5.50. The third kappa shape index (κ3) is 0.637. The number of furan rings is 1. The second kappa shape index (κ2) is 1.87. The molecule has 1 heterocycles. The molecule has 0 fully saturated rings. The summed E-state index contributed by atoms with van der Waals surface area (Å²) in [6.07, 6.45) is 1.72. The molecule has 49 valence electrons. The third-order valence-corrected chi connectivity index (χ3v) is 1.59. The Labute approximate surface area is 59.3 Å². The predicted molar refractivity (Wildman–Crippen MR) is 40.7 cm³/mol. The second-order valence-corrected chi connectivity index (χ2v) is 2.25. The first-order valence-corrected chi connectivity index (χ1v) is 3.16. The van der Waals surface area contributed by atoms with E-state index in [1.54, 1.807) is 6.26 Å². The molecule has 0 amide bonds. The van der Waals surface area contributed by atoms with Crippen molar-refractivity contribution in [3.05, 3.63) is 43.2 Å². The highest BCUT2D eigenvalue weighted by molar-refractivity contribution is 5.84. The van der Waals surface area contributed by atoms with Crippen molar-refractivity contribution in [1.82, 2.24) is 0 Å². The first kappa shape index (κ1) is 5.54. The van der Waals surface area contributed by atoms with Crippen LogP contribution in [0.4, 0.5) is 0 Å². The molecule has 1 radical (unpaired) electrons. The lowest BCUT2D eigenvalue weighted by molar-refractivity contribution is 0.554. The van der Waals surface area contributed by atoms with E-state index in [9.17, 15) is 0 Å². The van der Waals surface area contributed by atoms with Crippen molar-refractivity contribution in [2.75, 3.05) is 0 Å². The van der Waals surface area contributed by atoms with Crippen molar-refractivity contribution in [3.8, 4) is 0 Å². The van der Waals surface area contributed by atoms with Gasteiger partial charge in [0.1, 0.15) is 5.76 Å². The first-order chi connectivity index (χ1) is 4.88. The van der Waals surface area contributed by atoms with Crippen molar-refractivity contribution in [1.29, 1.82) is 0 Å². The summed E-state index contributed by atoms with van der Waals surface area (Å²) < 4.78 is 5.10. The molecule has 0 bridgehead atoms. The molecule has 1 aromatic carbocycles. The van der Waals surface area contributed by atoms with E-state index in [0.717, 1.165) is 16.5 Å². The number of fused-ring (bicyclic) bond motifs is 1. The zero-order valence-corrected chi connectivity index (χ0v) is 5.50. The van der Waals surface area contributed by atoms with Gasteiger partial charge in [-0.05, 0) is 0 Å². The minimum absolute atomic E-state index is 0.746. The molecule has 1 heteroatoms. The van der Waals surface area contributed by atoms with Crippen LogP contribution >= 0.6 is 0 Å². The molecular weight excluding hydrogens is 124 g/mol. The Hall–Kier alpha value is -1.24. The van der Waals surface area contributed by atoms with E-state index < -0.39 is 0 Å². The number of benzene rings is 1. The van der Waals surface area contributed by atoms with Crippen LogP contribution in [0.25, 0.3) is 10.8 Å². The molecule has 0 N–H and O–H groups in total. The molecule has 0 saturated carbocycles. The Morgan fingerprint density at radius 2 is 2.00 bits per heavy atom. The van der Waals surface area contributed by atoms with Crippen LogP contribution in [0, 0.1) is 6.92 Å². The van der Waals surface area contributed by atoms with E-state index >= 15 is 0 Å². The summed E-state index contributed by atoms with van der Waals surface area (Å²) in [5.41, 5.74) is 0. The summed E-state index contributed by atoms with van der Waals surface area (Å²) >= 11 is 0. The molecule has 0 aliphatic rings. The highest BCUT2D eigenvalue weighted by atomic mass is 16.3. The Balaban J connectivity index is 2.93. The molecule has 10 heavy (non-hydrogen) atoms. The average molecular weight is 131 g/mol. The van der Waals surface area contributed by atoms with E-state index in [1.807, 2.05) is 24.3 Å². The van der Waals surface area contributed by atoms with Crippen LogP contribution in [0.3, 0.4) is 0 Å². The minimum atomic E-state index is 0.746. The van der Waals surface area contributed by atoms with Gasteiger partial charge in [-0.3, -0.25) is 0 Å². The summed E-state index contributed by atoms with van der Waals surface area (Å²) in [6.45, 7) is 3.74. The van der Waals surface area contributed by atoms with E-state index in [2.05, 4.69) is 6.92 Å². The van der Waals surface area contributed by atoms with E-state index in [1.165, 1.54) is 0 Å². The van der Waals surface area contributed by atoms with Crippen molar-refractivity contribution in [2.24, 2.45) is 0 Å². The third-order valence-electron chi connectivity index (χ3n) is 1.59. The lowest BCUT2D eigenvalue weighted by Gasteiger charge is -1.84. The fourth-order valence-electron chi connectivity index (χ4n) is 1.05. The summed E-state index contributed by atoms with van der Waals surface area (Å²) in [6, 6.07) is 7.97. The number of hydrogen-bond acceptors (Lipinski definition) is 1. The summed E-state index contributed by atoms with van der Waals surface area (Å²) in [7, 11) is 0. The topological polar surface area (TPSA) is 13.1 Å². The van der Waals surface area contributed by atoms with Crippen LogP contribution < -0.4 is 0 Å². The van der Waals surface area contributed by atoms with Crippen LogP contribution in [0.5, 0.6) is 0 Å². The molecular formula is C9H7O. The Morgan fingerprint density at radius 3 is 2.80 bits per heavy atom. The lowest BCUT2D eigenvalue weighted by Crippen LogP contribution is -1.63. The molecule has 1 nitrogen and oxygen atoms in total. The second-order valence-electron chi connectivity index (χ2n) is 2.25. The first-order valence-electron chi connectivity index (χ1n) is 3.16. The molecule has 0 aliphatic carbocycles. The van der Waals surface area contributed by atoms with Crippen molar-refractivity contribution in [2.45, 2.75) is 0 Å². The maximum atomic E-state index is 5.10. The monoisotopic (exact) mass is 131 g/mol. The highest BCUT2D eigenvalue weighted by Crippen LogP contribution is 2.18. The average Bonchev–Trinajstić information content (AvgIpc) is 2.34. The van der Waals surface area contributed by atoms with E-state index in [-0.39, 0.29) is 0 Å². The van der Waals surface area contributed by atoms with Gasteiger partial charge in [0.15, 0.2) is 0 Å². The van der Waals surface area contributed by atoms with Gasteiger partial charge in [-0.2, -0.15) is 0 Å². The van der Waals surface area contributed by atoms with Gasteiger partial charge in [-0.25, -0.2) is 0 Å². The van der Waals surface area contributed by atoms with Gasteiger partial charge in [0.2, 0.25) is 0 Å². The number of rotatable bonds is 0. The maximum absolute atomic E-state index is 5.10. The van der Waals surface area contributed by atoms with E-state index in [0.29, 0.717) is 0 Å². The van der Waals surface area contributed by atoms with Crippen molar-refractivity contribution < 1.29 is 4.42 Å². The number of hydrogen-bond donors (Lipinski definition) is 0. The Bertz CT molecular complexity index is 346. The largest absolute Gasteiger partial charge is 0.468 e. The molecule has 0 spiro atoms. The highest BCUT2D eigenvalue weighted by Gasteiger charge is 1.97. The Morgan fingerprint density at radius 1 is 1.20 bits per heavy atom. The summed E-state index contributed by atoms with van der Waals surface area (Å²) in [4.78, 5) is 0. The fourth-order valence-corrected chi connectivity index (χ4v) is 1.05. The smallest absolute Gasteiger partial charge is 0.112 e. The van der Waals surface area contributed by atoms with Crippen molar-refractivity contribution >= 4 is 10.8 Å². The van der Waals surface area contributed by atoms with Gasteiger partial charge in [0.05, 0.1) is 6.26 Å². The van der Waals surface area contributed by atoms with Crippen LogP contribution in [0.2, 0.25) is 0 Å². The lowest BCUT2D eigenvalue weighted by atomic mass is 10.2. The molecule has 2 aromatic rings. The molecule has 0 aliphatic heterocycles. The van der Waals surface area contributed by atoms with Crippen LogP contribution in [0.1, 0.15) is 5.76 Å². The summed E-state index contributed by atoms with van der Waals surface area (Å²) in [5.74, 6) is 0.746. The van der Waals surface area contributed by atoms with Crippen LogP contribution in [-0.4, -0.2) is 0 Å². The predicted octanol–water partition coefficient (Wildman–Crippen LogP) is 2.61. The van der Waals surface area contributed by atoms with Gasteiger partial charge in [-0.1, -0.05) is 24.3 Å². The van der Waals surface area contributed by atoms with Gasteiger partial charge >= 0.3 is 0 Å². The SMILES string of the molecule is [CH2]c1occ2ccccc12.